The molecule has 3 aromatic carbocycles. The largest absolute Gasteiger partial charge is 0.508 e. The third kappa shape index (κ3) is 3.16. The number of hydrazone groups is 1. The number of aryl methyl sites for hydroxylation is 1. The van der Waals surface area contributed by atoms with Crippen molar-refractivity contribution >= 4 is 21.4 Å². The summed E-state index contributed by atoms with van der Waals surface area (Å²) >= 11 is 0. The summed E-state index contributed by atoms with van der Waals surface area (Å²) in [4.78, 5) is 0.0646. The molecular weight excluding hydrogens is 398 g/mol. The molecule has 6 nitrogen and oxygen atoms in total. The number of hydrogen-bond acceptors (Lipinski definition) is 5. The molecule has 0 radical (unpaired) electrons. The van der Waals surface area contributed by atoms with E-state index < -0.39 is 10.0 Å². The average Bonchev–Trinajstić information content (AvgIpc) is 3.13. The lowest BCUT2D eigenvalue weighted by Crippen LogP contribution is -2.28. The van der Waals surface area contributed by atoms with Crippen molar-refractivity contribution in [3.63, 3.8) is 0 Å². The molecule has 1 heterocycles. The average molecular weight is 420 g/mol. The number of rotatable bonds is 3. The number of anilines is 1. The summed E-state index contributed by atoms with van der Waals surface area (Å²) in [5.41, 5.74) is 5.21. The van der Waals surface area contributed by atoms with Crippen LogP contribution in [-0.2, 0) is 16.4 Å². The van der Waals surface area contributed by atoms with E-state index in [2.05, 4.69) is 12.1 Å². The smallest absolute Gasteiger partial charge is 0.238 e. The number of nitrogens with zero attached hydrogens (tertiary/aromatic N) is 2. The first kappa shape index (κ1) is 18.8. The van der Waals surface area contributed by atoms with Crippen molar-refractivity contribution in [2.45, 2.75) is 23.8 Å². The zero-order valence-electron chi connectivity index (χ0n) is 16.1. The molecule has 0 saturated carbocycles. The minimum Gasteiger partial charge on any atom is -0.508 e. The van der Waals surface area contributed by atoms with E-state index in [1.54, 1.807) is 24.3 Å². The fraction of sp³-hybridized carbons (Fsp3) is 0.174. The standard InChI is InChI=1S/C23H21N3O3S/c24-30(28,29)19-11-9-17(10-12-19)26-23(16-5-3-6-18(27)14-16)21-13-8-15-4-1-2-7-20(15)22(21)25-26/h1-7,9-12,14,21,23,27H,8,13H2,(H2,24,28,29). The van der Waals surface area contributed by atoms with E-state index in [-0.39, 0.29) is 22.6 Å². The molecule has 0 fully saturated rings. The monoisotopic (exact) mass is 419 g/mol. The topological polar surface area (TPSA) is 96.0 Å². The van der Waals surface area contributed by atoms with Gasteiger partial charge in [-0.05, 0) is 60.4 Å². The molecule has 7 heteroatoms. The molecule has 30 heavy (non-hydrogen) atoms. The summed E-state index contributed by atoms with van der Waals surface area (Å²) in [6.07, 6.45) is 1.91. The second-order valence-corrected chi connectivity index (χ2v) is 9.27. The van der Waals surface area contributed by atoms with Gasteiger partial charge < -0.3 is 5.11 Å². The molecule has 2 atom stereocenters. The number of nitrogens with two attached hydrogens (primary N) is 1. The van der Waals surface area contributed by atoms with E-state index in [1.165, 1.54) is 17.7 Å². The van der Waals surface area contributed by atoms with Crippen molar-refractivity contribution in [2.24, 2.45) is 16.2 Å². The molecule has 2 unspecified atom stereocenters. The second-order valence-electron chi connectivity index (χ2n) is 7.71. The molecule has 0 bridgehead atoms. The van der Waals surface area contributed by atoms with Crippen LogP contribution < -0.4 is 10.1 Å². The second kappa shape index (κ2) is 6.97. The zero-order chi connectivity index (χ0) is 20.9. The lowest BCUT2D eigenvalue weighted by molar-refractivity contribution is 0.468. The number of phenolic OH excluding ortho intramolecular Hbond substituents is 1. The Labute approximate surface area is 175 Å². The molecule has 2 aliphatic rings. The van der Waals surface area contributed by atoms with Crippen molar-refractivity contribution in [3.8, 4) is 5.75 Å². The van der Waals surface area contributed by atoms with Crippen LogP contribution in [0.1, 0.15) is 29.2 Å². The lowest BCUT2D eigenvalue weighted by Gasteiger charge is -2.30. The summed E-state index contributed by atoms with van der Waals surface area (Å²) in [5, 5.41) is 22.2. The molecule has 0 spiro atoms. The summed E-state index contributed by atoms with van der Waals surface area (Å²) in [5.74, 6) is 0.376. The van der Waals surface area contributed by atoms with Crippen molar-refractivity contribution < 1.29 is 13.5 Å². The van der Waals surface area contributed by atoms with E-state index in [0.717, 1.165) is 35.4 Å². The Bertz CT molecular complexity index is 1250. The van der Waals surface area contributed by atoms with Gasteiger partial charge in [0.25, 0.3) is 0 Å². The molecule has 152 valence electrons. The maximum absolute atomic E-state index is 11.6. The Morgan fingerprint density at radius 2 is 1.77 bits per heavy atom. The highest BCUT2D eigenvalue weighted by atomic mass is 32.2. The molecule has 3 N–H and O–H groups in total. The van der Waals surface area contributed by atoms with Gasteiger partial charge in [0.2, 0.25) is 10.0 Å². The van der Waals surface area contributed by atoms with Crippen LogP contribution in [0.2, 0.25) is 0 Å². The Morgan fingerprint density at radius 3 is 2.50 bits per heavy atom. The van der Waals surface area contributed by atoms with Gasteiger partial charge in [0.15, 0.2) is 0 Å². The van der Waals surface area contributed by atoms with Gasteiger partial charge in [-0.25, -0.2) is 13.6 Å². The van der Waals surface area contributed by atoms with Crippen molar-refractivity contribution in [1.82, 2.24) is 0 Å². The zero-order valence-corrected chi connectivity index (χ0v) is 17.0. The minimum absolute atomic E-state index is 0.0646. The number of fused-ring (bicyclic) bond motifs is 3. The van der Waals surface area contributed by atoms with Crippen LogP contribution in [0.3, 0.4) is 0 Å². The van der Waals surface area contributed by atoms with E-state index in [1.807, 2.05) is 29.3 Å². The fourth-order valence-corrected chi connectivity index (χ4v) is 5.02. The van der Waals surface area contributed by atoms with Gasteiger partial charge in [0.05, 0.1) is 22.3 Å². The predicted octanol–water partition coefficient (Wildman–Crippen LogP) is 3.57. The maximum Gasteiger partial charge on any atom is 0.238 e. The van der Waals surface area contributed by atoms with E-state index in [4.69, 9.17) is 10.2 Å². The Balaban J connectivity index is 1.64. The van der Waals surface area contributed by atoms with Gasteiger partial charge in [-0.3, -0.25) is 5.01 Å². The van der Waals surface area contributed by atoms with Gasteiger partial charge in [-0.15, -0.1) is 0 Å². The SMILES string of the molecule is NS(=O)(=O)c1ccc(N2N=C3c4ccccc4CCC3C2c2cccc(O)c2)cc1. The quantitative estimate of drug-likeness (QED) is 0.678. The summed E-state index contributed by atoms with van der Waals surface area (Å²) in [6.45, 7) is 0. The van der Waals surface area contributed by atoms with Crippen LogP contribution in [0.4, 0.5) is 5.69 Å². The van der Waals surface area contributed by atoms with Crippen molar-refractivity contribution in [2.75, 3.05) is 5.01 Å². The summed E-state index contributed by atoms with van der Waals surface area (Å²) < 4.78 is 23.3. The maximum atomic E-state index is 11.6. The summed E-state index contributed by atoms with van der Waals surface area (Å²) in [7, 11) is -3.76. The van der Waals surface area contributed by atoms with Crippen LogP contribution in [-0.4, -0.2) is 19.2 Å². The van der Waals surface area contributed by atoms with Crippen LogP contribution >= 0.6 is 0 Å². The molecule has 1 aliphatic carbocycles. The van der Waals surface area contributed by atoms with E-state index >= 15 is 0 Å². The Morgan fingerprint density at radius 1 is 1.00 bits per heavy atom. The molecule has 0 saturated heterocycles. The Hall–Kier alpha value is -3.16. The number of aromatic hydroxyl groups is 1. The highest BCUT2D eigenvalue weighted by Gasteiger charge is 2.42. The third-order valence-electron chi connectivity index (χ3n) is 5.87. The first-order valence-electron chi connectivity index (χ1n) is 9.79. The highest BCUT2D eigenvalue weighted by Crippen LogP contribution is 2.45. The number of sulfonamides is 1. The van der Waals surface area contributed by atoms with Crippen LogP contribution in [0.5, 0.6) is 5.75 Å². The van der Waals surface area contributed by atoms with Gasteiger partial charge in [0, 0.05) is 11.5 Å². The molecule has 1 aliphatic heterocycles. The molecule has 5 rings (SSSR count). The fourth-order valence-electron chi connectivity index (χ4n) is 4.51. The lowest BCUT2D eigenvalue weighted by atomic mass is 9.77. The third-order valence-corrected chi connectivity index (χ3v) is 6.80. The molecule has 0 aromatic heterocycles. The molecule has 3 aromatic rings. The van der Waals surface area contributed by atoms with Gasteiger partial charge >= 0.3 is 0 Å². The van der Waals surface area contributed by atoms with Crippen molar-refractivity contribution in [3.05, 3.63) is 89.5 Å². The van der Waals surface area contributed by atoms with Gasteiger partial charge in [-0.1, -0.05) is 36.4 Å². The number of primary sulfonamides is 1. The summed E-state index contributed by atoms with van der Waals surface area (Å²) in [6, 6.07) is 21.9. The first-order valence-corrected chi connectivity index (χ1v) is 11.3. The Kier molecular flexibility index (Phi) is 4.38. The van der Waals surface area contributed by atoms with E-state index in [9.17, 15) is 13.5 Å². The van der Waals surface area contributed by atoms with Crippen LogP contribution in [0.15, 0.2) is 82.8 Å². The minimum atomic E-state index is -3.76. The van der Waals surface area contributed by atoms with Gasteiger partial charge in [0.1, 0.15) is 5.75 Å². The van der Waals surface area contributed by atoms with Crippen molar-refractivity contribution in [1.29, 1.82) is 0 Å². The molecular formula is C23H21N3O3S. The first-order chi connectivity index (χ1) is 14.4. The highest BCUT2D eigenvalue weighted by molar-refractivity contribution is 7.89. The van der Waals surface area contributed by atoms with Crippen LogP contribution in [0.25, 0.3) is 0 Å². The molecule has 0 amide bonds. The predicted molar refractivity (Wildman–Crippen MR) is 116 cm³/mol. The van der Waals surface area contributed by atoms with Gasteiger partial charge in [-0.2, -0.15) is 5.10 Å². The van der Waals surface area contributed by atoms with Crippen LogP contribution in [0, 0.1) is 5.92 Å². The van der Waals surface area contributed by atoms with E-state index in [0.29, 0.717) is 0 Å². The number of benzene rings is 3. The number of hydrogen-bond donors (Lipinski definition) is 2. The number of phenols is 1. The normalized spacial score (nSPS) is 20.4.